The van der Waals surface area contributed by atoms with Crippen molar-refractivity contribution < 1.29 is 13.2 Å². The van der Waals surface area contributed by atoms with E-state index in [1.165, 1.54) is 6.26 Å². The van der Waals surface area contributed by atoms with E-state index < -0.39 is 9.84 Å². The molecular weight excluding hydrogens is 505 g/mol. The van der Waals surface area contributed by atoms with Gasteiger partial charge in [0.2, 0.25) is 0 Å². The average molecular weight is 532 g/mol. The highest BCUT2D eigenvalue weighted by Crippen LogP contribution is 2.23. The zero-order chi connectivity index (χ0) is 25.0. The minimum absolute atomic E-state index is 0.0482. The molecule has 1 saturated heterocycles. The molecule has 0 bridgehead atoms. The van der Waals surface area contributed by atoms with Crippen molar-refractivity contribution in [1.29, 1.82) is 0 Å². The van der Waals surface area contributed by atoms with Crippen LogP contribution >= 0.6 is 23.2 Å². The highest BCUT2D eigenvalue weighted by molar-refractivity contribution is 7.90. The number of carbonyl (C=O) groups is 1. The molecule has 9 heteroatoms. The van der Waals surface area contributed by atoms with E-state index in [9.17, 15) is 13.2 Å². The van der Waals surface area contributed by atoms with Crippen LogP contribution in [0.4, 0.5) is 0 Å². The number of nitrogens with zero attached hydrogens (tertiary/aromatic N) is 2. The molecule has 0 amide bonds. The van der Waals surface area contributed by atoms with Crippen molar-refractivity contribution >= 4 is 38.8 Å². The molecule has 2 aromatic carbocycles. The van der Waals surface area contributed by atoms with E-state index in [1.54, 1.807) is 42.5 Å². The second-order valence-electron chi connectivity index (χ2n) is 8.83. The van der Waals surface area contributed by atoms with Crippen molar-refractivity contribution in [2.45, 2.75) is 30.3 Å². The van der Waals surface area contributed by atoms with Crippen LogP contribution in [0.2, 0.25) is 10.0 Å². The van der Waals surface area contributed by atoms with Crippen LogP contribution in [0.3, 0.4) is 0 Å². The summed E-state index contributed by atoms with van der Waals surface area (Å²) in [5, 5.41) is 4.43. The predicted molar refractivity (Wildman–Crippen MR) is 140 cm³/mol. The summed E-state index contributed by atoms with van der Waals surface area (Å²) in [7, 11) is -3.21. The molecule has 6 nitrogen and oxygen atoms in total. The van der Waals surface area contributed by atoms with Crippen LogP contribution in [0, 0.1) is 0 Å². The lowest BCUT2D eigenvalue weighted by Crippen LogP contribution is -2.44. The van der Waals surface area contributed by atoms with E-state index in [4.69, 9.17) is 23.2 Å². The number of carbonyl (C=O) groups excluding carboxylic acids is 1. The van der Waals surface area contributed by atoms with Gasteiger partial charge in [0.1, 0.15) is 0 Å². The summed E-state index contributed by atoms with van der Waals surface area (Å²) >= 11 is 12.0. The van der Waals surface area contributed by atoms with Crippen molar-refractivity contribution in [3.63, 3.8) is 0 Å². The number of rotatable bonds is 8. The molecule has 3 aromatic rings. The number of piperidine rings is 1. The average Bonchev–Trinajstić information content (AvgIpc) is 2.85. The number of Topliss-reactive ketones (excluding diaryl/α,β-unsaturated/α-hetero) is 1. The van der Waals surface area contributed by atoms with Crippen LogP contribution in [0.1, 0.15) is 28.8 Å². The zero-order valence-electron chi connectivity index (χ0n) is 19.4. The van der Waals surface area contributed by atoms with Gasteiger partial charge in [-0.15, -0.1) is 0 Å². The van der Waals surface area contributed by atoms with E-state index in [0.717, 1.165) is 42.8 Å². The van der Waals surface area contributed by atoms with Crippen molar-refractivity contribution in [3.8, 4) is 11.3 Å². The van der Waals surface area contributed by atoms with Gasteiger partial charge in [-0.2, -0.15) is 0 Å². The number of halogens is 2. The lowest BCUT2D eigenvalue weighted by Gasteiger charge is -2.32. The number of ketones is 1. The van der Waals surface area contributed by atoms with Gasteiger partial charge in [-0.05, 0) is 54.8 Å². The summed E-state index contributed by atoms with van der Waals surface area (Å²) in [5.41, 5.74) is 3.34. The van der Waals surface area contributed by atoms with E-state index in [1.807, 2.05) is 18.3 Å². The first-order valence-corrected chi connectivity index (χ1v) is 14.0. The molecule has 0 radical (unpaired) electrons. The summed E-state index contributed by atoms with van der Waals surface area (Å²) in [6.45, 7) is 2.80. The highest BCUT2D eigenvalue weighted by Gasteiger charge is 2.21. The molecule has 1 fully saturated rings. The Morgan fingerprint density at radius 3 is 2.34 bits per heavy atom. The third kappa shape index (κ3) is 6.90. The first kappa shape index (κ1) is 25.8. The molecule has 1 aliphatic heterocycles. The fourth-order valence-electron chi connectivity index (χ4n) is 4.09. The first-order chi connectivity index (χ1) is 16.7. The Kier molecular flexibility index (Phi) is 8.24. The maximum absolute atomic E-state index is 12.6. The van der Waals surface area contributed by atoms with Crippen LogP contribution in [-0.4, -0.2) is 56.0 Å². The van der Waals surface area contributed by atoms with Gasteiger partial charge in [-0.3, -0.25) is 14.7 Å². The van der Waals surface area contributed by atoms with Gasteiger partial charge in [0.15, 0.2) is 15.6 Å². The molecule has 4 rings (SSSR count). The number of hydrogen-bond donors (Lipinski definition) is 1. The Bertz CT molecular complexity index is 1290. The summed E-state index contributed by atoms with van der Waals surface area (Å²) in [6, 6.07) is 16.1. The van der Waals surface area contributed by atoms with Gasteiger partial charge < -0.3 is 5.32 Å². The fraction of sp³-hybridized carbons (Fsp3) is 0.308. The standard InChI is InChI=1S/C26H27Cl2N3O3S/c1-35(33,34)22-6-3-19(4-7-22)25-9-2-18(16-30-25)15-29-21-10-12-31(13-11-21)17-26(32)20-5-8-23(27)24(28)14-20/h2-9,14,16,21,29H,10-13,15,17H2,1H3. The summed E-state index contributed by atoms with van der Waals surface area (Å²) in [6.07, 6.45) is 4.97. The number of sulfone groups is 1. The second kappa shape index (κ2) is 11.2. The number of benzene rings is 2. The molecule has 184 valence electrons. The Labute approximate surface area is 216 Å². The minimum atomic E-state index is -3.21. The zero-order valence-corrected chi connectivity index (χ0v) is 21.7. The number of nitrogens with one attached hydrogen (secondary N) is 1. The van der Waals surface area contributed by atoms with Crippen molar-refractivity contribution in [3.05, 3.63) is 82.0 Å². The molecule has 35 heavy (non-hydrogen) atoms. The minimum Gasteiger partial charge on any atom is -0.310 e. The molecular formula is C26H27Cl2N3O3S. The second-order valence-corrected chi connectivity index (χ2v) is 11.7. The molecule has 0 unspecified atom stereocenters. The van der Waals surface area contributed by atoms with Crippen LogP contribution in [0.25, 0.3) is 11.3 Å². The number of likely N-dealkylation sites (tertiary alicyclic amines) is 1. The van der Waals surface area contributed by atoms with Crippen molar-refractivity contribution in [2.75, 3.05) is 25.9 Å². The van der Waals surface area contributed by atoms with Gasteiger partial charge >= 0.3 is 0 Å². The Morgan fingerprint density at radius 1 is 1.03 bits per heavy atom. The summed E-state index contributed by atoms with van der Waals surface area (Å²) in [4.78, 5) is 19.6. The molecule has 0 saturated carbocycles. The maximum atomic E-state index is 12.6. The lowest BCUT2D eigenvalue weighted by atomic mass is 10.0. The van der Waals surface area contributed by atoms with Crippen molar-refractivity contribution in [2.24, 2.45) is 0 Å². The highest BCUT2D eigenvalue weighted by atomic mass is 35.5. The monoisotopic (exact) mass is 531 g/mol. The smallest absolute Gasteiger partial charge is 0.176 e. The Morgan fingerprint density at radius 2 is 1.74 bits per heavy atom. The van der Waals surface area contributed by atoms with E-state index in [0.29, 0.717) is 39.6 Å². The van der Waals surface area contributed by atoms with Gasteiger partial charge in [0.05, 0.1) is 27.2 Å². The largest absolute Gasteiger partial charge is 0.310 e. The van der Waals surface area contributed by atoms with Crippen LogP contribution in [0.5, 0.6) is 0 Å². The lowest BCUT2D eigenvalue weighted by molar-refractivity contribution is 0.0904. The molecule has 2 heterocycles. The van der Waals surface area contributed by atoms with E-state index in [2.05, 4.69) is 15.2 Å². The molecule has 1 aliphatic rings. The van der Waals surface area contributed by atoms with E-state index in [-0.39, 0.29) is 5.78 Å². The molecule has 1 N–H and O–H groups in total. The fourth-order valence-corrected chi connectivity index (χ4v) is 5.02. The van der Waals surface area contributed by atoms with Gasteiger partial charge in [0.25, 0.3) is 0 Å². The topological polar surface area (TPSA) is 79.4 Å². The summed E-state index contributed by atoms with van der Waals surface area (Å²) < 4.78 is 23.2. The van der Waals surface area contributed by atoms with Gasteiger partial charge in [0, 0.05) is 49.3 Å². The normalized spacial score (nSPS) is 15.3. The molecule has 0 spiro atoms. The quantitative estimate of drug-likeness (QED) is 0.416. The van der Waals surface area contributed by atoms with E-state index >= 15 is 0 Å². The predicted octanol–water partition coefficient (Wildman–Crippen LogP) is 4.90. The molecule has 0 atom stereocenters. The first-order valence-electron chi connectivity index (χ1n) is 11.4. The summed E-state index contributed by atoms with van der Waals surface area (Å²) in [5.74, 6) is 0.0482. The van der Waals surface area contributed by atoms with Gasteiger partial charge in [-0.25, -0.2) is 8.42 Å². The third-order valence-corrected chi connectivity index (χ3v) is 8.06. The SMILES string of the molecule is CS(=O)(=O)c1ccc(-c2ccc(CNC3CCN(CC(=O)c4ccc(Cl)c(Cl)c4)CC3)cn2)cc1. The Balaban J connectivity index is 1.23. The number of aromatic nitrogens is 1. The number of pyridine rings is 1. The van der Waals surface area contributed by atoms with Crippen LogP contribution in [0.15, 0.2) is 65.7 Å². The maximum Gasteiger partial charge on any atom is 0.176 e. The third-order valence-electron chi connectivity index (χ3n) is 6.19. The van der Waals surface area contributed by atoms with Crippen LogP contribution in [-0.2, 0) is 16.4 Å². The molecule has 1 aromatic heterocycles. The molecule has 0 aliphatic carbocycles. The Hall–Kier alpha value is -2.29. The van der Waals surface area contributed by atoms with Crippen molar-refractivity contribution in [1.82, 2.24) is 15.2 Å². The van der Waals surface area contributed by atoms with Crippen LogP contribution < -0.4 is 5.32 Å². The number of hydrogen-bond acceptors (Lipinski definition) is 6. The van der Waals surface area contributed by atoms with Gasteiger partial charge in [-0.1, -0.05) is 41.4 Å².